The summed E-state index contributed by atoms with van der Waals surface area (Å²) in [6, 6.07) is 0. The zero-order valence-electron chi connectivity index (χ0n) is 9.90. The third-order valence-electron chi connectivity index (χ3n) is 5.97. The van der Waals surface area contributed by atoms with Gasteiger partial charge in [-0.15, -0.1) is 0 Å². The number of Topliss-reactive ketones (excluding diaryl/α,β-unsaturated/α-hetero) is 2. The molecule has 86 valence electrons. The Morgan fingerprint density at radius 3 is 1.75 bits per heavy atom. The van der Waals surface area contributed by atoms with E-state index in [1.165, 1.54) is 19.3 Å². The highest BCUT2D eigenvalue weighted by molar-refractivity contribution is 6.15. The molecule has 5 aliphatic rings. The normalized spacial score (nSPS) is 56.1. The fourth-order valence-corrected chi connectivity index (χ4v) is 5.13. The summed E-state index contributed by atoms with van der Waals surface area (Å²) in [5.41, 5.74) is -0.674. The summed E-state index contributed by atoms with van der Waals surface area (Å²) in [7, 11) is 0. The quantitative estimate of drug-likeness (QED) is 0.583. The standard InChI is InChI=1S/C14H18O2/c1-14(2)12(15)10-6-3-4-7(9-5-8(6)9)11(10)13(14)16/h6-11H,3-5H2,1-2H3/t6-,7-,8-,9-,10+,11+/m0/s1. The van der Waals surface area contributed by atoms with E-state index >= 15 is 0 Å². The minimum Gasteiger partial charge on any atom is -0.298 e. The van der Waals surface area contributed by atoms with Crippen molar-refractivity contribution in [1.29, 1.82) is 0 Å². The van der Waals surface area contributed by atoms with Gasteiger partial charge < -0.3 is 0 Å². The lowest BCUT2D eigenvalue weighted by Gasteiger charge is -2.43. The van der Waals surface area contributed by atoms with Gasteiger partial charge in [-0.3, -0.25) is 9.59 Å². The van der Waals surface area contributed by atoms with Crippen LogP contribution in [0.2, 0.25) is 0 Å². The van der Waals surface area contributed by atoms with Crippen LogP contribution < -0.4 is 0 Å². The molecule has 2 bridgehead atoms. The van der Waals surface area contributed by atoms with Crippen LogP contribution in [-0.4, -0.2) is 11.6 Å². The molecule has 0 saturated heterocycles. The van der Waals surface area contributed by atoms with Crippen LogP contribution in [0.3, 0.4) is 0 Å². The van der Waals surface area contributed by atoms with E-state index < -0.39 is 5.41 Å². The average molecular weight is 218 g/mol. The first-order valence-corrected chi connectivity index (χ1v) is 6.62. The van der Waals surface area contributed by atoms with Crippen LogP contribution in [0.4, 0.5) is 0 Å². The highest BCUT2D eigenvalue weighted by Crippen LogP contribution is 2.69. The molecule has 2 nitrogen and oxygen atoms in total. The number of hydrogen-bond donors (Lipinski definition) is 0. The molecule has 0 aromatic carbocycles. The van der Waals surface area contributed by atoms with E-state index in [4.69, 9.17) is 0 Å². The second-order valence-electron chi connectivity index (χ2n) is 6.87. The van der Waals surface area contributed by atoms with E-state index in [-0.39, 0.29) is 23.4 Å². The molecule has 0 aromatic heterocycles. The summed E-state index contributed by atoms with van der Waals surface area (Å²) in [4.78, 5) is 24.8. The highest BCUT2D eigenvalue weighted by Gasteiger charge is 2.70. The second-order valence-corrected chi connectivity index (χ2v) is 6.87. The summed E-state index contributed by atoms with van der Waals surface area (Å²) >= 11 is 0. The van der Waals surface area contributed by atoms with Gasteiger partial charge in [-0.1, -0.05) is 0 Å². The minimum absolute atomic E-state index is 0.116. The monoisotopic (exact) mass is 218 g/mol. The lowest BCUT2D eigenvalue weighted by Crippen LogP contribution is -2.43. The van der Waals surface area contributed by atoms with Crippen LogP contribution in [0.25, 0.3) is 0 Å². The van der Waals surface area contributed by atoms with Gasteiger partial charge in [0.2, 0.25) is 0 Å². The number of carbonyl (C=O) groups excluding carboxylic acids is 2. The van der Waals surface area contributed by atoms with Crippen LogP contribution in [0.15, 0.2) is 0 Å². The molecule has 16 heavy (non-hydrogen) atoms. The van der Waals surface area contributed by atoms with E-state index in [0.717, 1.165) is 11.8 Å². The fraction of sp³-hybridized carbons (Fsp3) is 0.857. The SMILES string of the molecule is CC1(C)C(=O)[C@@H]2[C@H]3CC[C@@H]([C@@H]4C[C@H]43)[C@H]2C1=O. The molecule has 5 rings (SSSR count). The van der Waals surface area contributed by atoms with Gasteiger partial charge in [-0.25, -0.2) is 0 Å². The number of fused-ring (bicyclic) bond motifs is 1. The third kappa shape index (κ3) is 0.802. The molecule has 5 aliphatic carbocycles. The van der Waals surface area contributed by atoms with E-state index in [1.807, 2.05) is 13.8 Å². The maximum atomic E-state index is 12.4. The van der Waals surface area contributed by atoms with Crippen molar-refractivity contribution >= 4 is 11.6 Å². The average Bonchev–Trinajstić information content (AvgIpc) is 3.03. The Morgan fingerprint density at radius 2 is 1.31 bits per heavy atom. The van der Waals surface area contributed by atoms with E-state index in [9.17, 15) is 9.59 Å². The van der Waals surface area contributed by atoms with Gasteiger partial charge in [0, 0.05) is 11.8 Å². The zero-order chi connectivity index (χ0) is 11.2. The molecule has 0 aromatic rings. The smallest absolute Gasteiger partial charge is 0.149 e. The minimum atomic E-state index is -0.674. The van der Waals surface area contributed by atoms with Crippen molar-refractivity contribution in [1.82, 2.24) is 0 Å². The molecular weight excluding hydrogens is 200 g/mol. The highest BCUT2D eigenvalue weighted by atomic mass is 16.2. The van der Waals surface area contributed by atoms with Crippen molar-refractivity contribution in [2.45, 2.75) is 33.1 Å². The van der Waals surface area contributed by atoms with Crippen LogP contribution in [0, 0.1) is 40.9 Å². The van der Waals surface area contributed by atoms with Gasteiger partial charge >= 0.3 is 0 Å². The number of rotatable bonds is 0. The Kier molecular flexibility index (Phi) is 1.43. The number of hydrogen-bond acceptors (Lipinski definition) is 2. The van der Waals surface area contributed by atoms with Crippen molar-refractivity contribution in [3.8, 4) is 0 Å². The lowest BCUT2D eigenvalue weighted by atomic mass is 9.59. The van der Waals surface area contributed by atoms with Crippen LogP contribution >= 0.6 is 0 Å². The first kappa shape index (κ1) is 9.38. The molecular formula is C14H18O2. The predicted molar refractivity (Wildman–Crippen MR) is 58.6 cm³/mol. The molecule has 6 atom stereocenters. The molecule has 5 fully saturated rings. The van der Waals surface area contributed by atoms with Gasteiger partial charge in [0.05, 0.1) is 5.41 Å². The number of ketones is 2. The number of carbonyl (C=O) groups is 2. The molecule has 0 spiro atoms. The van der Waals surface area contributed by atoms with Crippen LogP contribution in [-0.2, 0) is 9.59 Å². The molecule has 0 unspecified atom stereocenters. The van der Waals surface area contributed by atoms with Crippen molar-refractivity contribution in [3.05, 3.63) is 0 Å². The fourth-order valence-electron chi connectivity index (χ4n) is 5.13. The van der Waals surface area contributed by atoms with Crippen molar-refractivity contribution in [2.24, 2.45) is 40.9 Å². The third-order valence-corrected chi connectivity index (χ3v) is 5.97. The topological polar surface area (TPSA) is 34.1 Å². The summed E-state index contributed by atoms with van der Waals surface area (Å²) in [5.74, 6) is 3.52. The van der Waals surface area contributed by atoms with Crippen molar-refractivity contribution in [2.75, 3.05) is 0 Å². The Balaban J connectivity index is 1.84. The van der Waals surface area contributed by atoms with Gasteiger partial charge in [-0.2, -0.15) is 0 Å². The van der Waals surface area contributed by atoms with Crippen molar-refractivity contribution in [3.63, 3.8) is 0 Å². The second kappa shape index (κ2) is 2.44. The molecule has 0 N–H and O–H groups in total. The van der Waals surface area contributed by atoms with E-state index in [1.54, 1.807) is 0 Å². The maximum absolute atomic E-state index is 12.4. The van der Waals surface area contributed by atoms with E-state index in [0.29, 0.717) is 11.8 Å². The molecule has 0 radical (unpaired) electrons. The van der Waals surface area contributed by atoms with E-state index in [2.05, 4.69) is 0 Å². The molecule has 5 saturated carbocycles. The van der Waals surface area contributed by atoms with Crippen LogP contribution in [0.1, 0.15) is 33.1 Å². The summed E-state index contributed by atoms with van der Waals surface area (Å²) in [5, 5.41) is 0. The Hall–Kier alpha value is -0.660. The Labute approximate surface area is 95.8 Å². The van der Waals surface area contributed by atoms with Crippen molar-refractivity contribution < 1.29 is 9.59 Å². The van der Waals surface area contributed by atoms with Gasteiger partial charge in [-0.05, 0) is 56.8 Å². The zero-order valence-corrected chi connectivity index (χ0v) is 9.90. The van der Waals surface area contributed by atoms with Crippen LogP contribution in [0.5, 0.6) is 0 Å². The molecule has 2 heteroatoms. The molecule has 0 aliphatic heterocycles. The maximum Gasteiger partial charge on any atom is 0.149 e. The first-order valence-electron chi connectivity index (χ1n) is 6.62. The summed E-state index contributed by atoms with van der Waals surface area (Å²) < 4.78 is 0. The molecule has 0 heterocycles. The predicted octanol–water partition coefficient (Wildman–Crippen LogP) is 2.07. The first-order chi connectivity index (χ1) is 7.53. The summed E-state index contributed by atoms with van der Waals surface area (Å²) in [6.07, 6.45) is 3.73. The van der Waals surface area contributed by atoms with Gasteiger partial charge in [0.1, 0.15) is 11.6 Å². The lowest BCUT2D eigenvalue weighted by molar-refractivity contribution is -0.134. The Bertz CT molecular complexity index is 373. The summed E-state index contributed by atoms with van der Waals surface area (Å²) in [6.45, 7) is 3.70. The van der Waals surface area contributed by atoms with Gasteiger partial charge in [0.25, 0.3) is 0 Å². The Morgan fingerprint density at radius 1 is 0.875 bits per heavy atom. The largest absolute Gasteiger partial charge is 0.298 e. The van der Waals surface area contributed by atoms with Gasteiger partial charge in [0.15, 0.2) is 0 Å². The molecule has 0 amide bonds.